The van der Waals surface area contributed by atoms with Gasteiger partial charge in [-0.3, -0.25) is 0 Å². The van der Waals surface area contributed by atoms with Gasteiger partial charge in [0, 0.05) is 6.20 Å². The molecule has 1 unspecified atom stereocenters. The molecule has 1 atom stereocenters. The van der Waals surface area contributed by atoms with E-state index in [1.54, 1.807) is 6.07 Å². The number of hydrogen-bond acceptors (Lipinski definition) is 3. The molecule has 0 spiro atoms. The summed E-state index contributed by atoms with van der Waals surface area (Å²) >= 11 is 5.73. The number of halogens is 4. The molecule has 0 aliphatic carbocycles. The number of benzene rings is 1. The third-order valence-electron chi connectivity index (χ3n) is 2.56. The molecular weight excluding hydrogens is 267 g/mol. The van der Waals surface area contributed by atoms with Crippen molar-refractivity contribution in [1.29, 1.82) is 5.26 Å². The molecular formula is C11H5ClF3N3. The van der Waals surface area contributed by atoms with E-state index in [0.717, 1.165) is 18.3 Å². The first kappa shape index (κ1) is 12.6. The number of alkyl halides is 3. The summed E-state index contributed by atoms with van der Waals surface area (Å²) in [4.78, 5) is 0. The molecule has 1 heterocycles. The van der Waals surface area contributed by atoms with E-state index in [-0.39, 0.29) is 16.1 Å². The number of nitrogens with zero attached hydrogens (tertiary/aromatic N) is 3. The average molecular weight is 272 g/mol. The maximum absolute atomic E-state index is 13.1. The van der Waals surface area contributed by atoms with Crippen LogP contribution < -0.4 is 0 Å². The van der Waals surface area contributed by atoms with Crippen LogP contribution in [0.25, 0.3) is 0 Å². The molecule has 0 fully saturated rings. The van der Waals surface area contributed by atoms with Gasteiger partial charge in [0.2, 0.25) is 5.54 Å². The second kappa shape index (κ2) is 4.10. The summed E-state index contributed by atoms with van der Waals surface area (Å²) in [5.41, 5.74) is -2.57. The lowest BCUT2D eigenvalue weighted by atomic mass is 9.90. The molecule has 1 aliphatic rings. The molecule has 0 amide bonds. The molecule has 0 N–H and O–H groups in total. The summed E-state index contributed by atoms with van der Waals surface area (Å²) in [6.45, 7) is 0. The second-order valence-electron chi connectivity index (χ2n) is 3.60. The predicted octanol–water partition coefficient (Wildman–Crippen LogP) is 3.95. The van der Waals surface area contributed by atoms with Crippen LogP contribution in [0.4, 0.5) is 13.2 Å². The third-order valence-corrected chi connectivity index (χ3v) is 2.87. The number of azo groups is 1. The number of hydrogen-bond donors (Lipinski definition) is 0. The Labute approximate surface area is 105 Å². The average Bonchev–Trinajstić information content (AvgIpc) is 2.78. The summed E-state index contributed by atoms with van der Waals surface area (Å²) in [5, 5.41) is 15.2. The van der Waals surface area contributed by atoms with Gasteiger partial charge in [-0.2, -0.15) is 28.7 Å². The Morgan fingerprint density at radius 2 is 2.06 bits per heavy atom. The lowest BCUT2D eigenvalue weighted by Crippen LogP contribution is -2.37. The van der Waals surface area contributed by atoms with Gasteiger partial charge in [-0.25, -0.2) is 0 Å². The molecule has 1 aromatic rings. The Bertz CT molecular complexity index is 572. The van der Waals surface area contributed by atoms with Crippen molar-refractivity contribution in [2.24, 2.45) is 10.2 Å². The molecule has 0 saturated carbocycles. The molecule has 0 bridgehead atoms. The van der Waals surface area contributed by atoms with Gasteiger partial charge in [0.1, 0.15) is 6.07 Å². The van der Waals surface area contributed by atoms with Crippen LogP contribution in [0.2, 0.25) is 5.02 Å². The molecule has 3 nitrogen and oxygen atoms in total. The van der Waals surface area contributed by atoms with Crippen molar-refractivity contribution in [3.63, 3.8) is 0 Å². The van der Waals surface area contributed by atoms with Gasteiger partial charge in [-0.1, -0.05) is 17.7 Å². The quantitative estimate of drug-likeness (QED) is 0.763. The Morgan fingerprint density at radius 3 is 2.50 bits per heavy atom. The maximum Gasteiger partial charge on any atom is 0.423 e. The summed E-state index contributed by atoms with van der Waals surface area (Å²) in [5.74, 6) is 0. The molecule has 7 heteroatoms. The lowest BCUT2D eigenvalue weighted by molar-refractivity contribution is -0.174. The molecule has 1 aliphatic heterocycles. The molecule has 1 aromatic carbocycles. The fourth-order valence-electron chi connectivity index (χ4n) is 1.61. The maximum atomic E-state index is 13.1. The fraction of sp³-hybridized carbons (Fsp3) is 0.182. The summed E-state index contributed by atoms with van der Waals surface area (Å²) < 4.78 is 39.3. The zero-order valence-electron chi connectivity index (χ0n) is 8.74. The van der Waals surface area contributed by atoms with Crippen molar-refractivity contribution in [3.05, 3.63) is 46.6 Å². The zero-order chi connectivity index (χ0) is 13.4. The Morgan fingerprint density at radius 1 is 1.33 bits per heavy atom. The van der Waals surface area contributed by atoms with Gasteiger partial charge in [0.25, 0.3) is 0 Å². The van der Waals surface area contributed by atoms with Crippen molar-refractivity contribution in [1.82, 2.24) is 0 Å². The number of rotatable bonds is 1. The minimum absolute atomic E-state index is 0.0471. The molecule has 0 radical (unpaired) electrons. The van der Waals surface area contributed by atoms with E-state index < -0.39 is 11.7 Å². The van der Waals surface area contributed by atoms with E-state index in [0.29, 0.717) is 0 Å². The Balaban J connectivity index is 2.60. The van der Waals surface area contributed by atoms with E-state index in [2.05, 4.69) is 10.2 Å². The SMILES string of the molecule is N#Cc1ccc(C2(C(F)(F)F)C=CN=N2)cc1Cl. The first-order valence-electron chi connectivity index (χ1n) is 4.77. The highest BCUT2D eigenvalue weighted by atomic mass is 35.5. The molecule has 0 saturated heterocycles. The standard InChI is InChI=1S/C11H5ClF3N3/c12-9-5-8(2-1-7(9)6-16)10(11(13,14)15)3-4-17-18-10/h1-5H. The normalized spacial score (nSPS) is 22.2. The zero-order valence-corrected chi connectivity index (χ0v) is 9.50. The van der Waals surface area contributed by atoms with Crippen LogP contribution in [0.5, 0.6) is 0 Å². The van der Waals surface area contributed by atoms with Crippen molar-refractivity contribution >= 4 is 11.6 Å². The van der Waals surface area contributed by atoms with Crippen LogP contribution in [0, 0.1) is 11.3 Å². The van der Waals surface area contributed by atoms with E-state index in [1.165, 1.54) is 12.1 Å². The summed E-state index contributed by atoms with van der Waals surface area (Å²) in [6, 6.07) is 5.27. The van der Waals surface area contributed by atoms with Gasteiger partial charge in [-0.05, 0) is 23.8 Å². The minimum atomic E-state index is -4.62. The van der Waals surface area contributed by atoms with Crippen molar-refractivity contribution in [3.8, 4) is 6.07 Å². The van der Waals surface area contributed by atoms with E-state index in [4.69, 9.17) is 16.9 Å². The molecule has 92 valence electrons. The topological polar surface area (TPSA) is 48.5 Å². The van der Waals surface area contributed by atoms with E-state index in [9.17, 15) is 13.2 Å². The second-order valence-corrected chi connectivity index (χ2v) is 4.01. The summed E-state index contributed by atoms with van der Waals surface area (Å²) in [7, 11) is 0. The van der Waals surface area contributed by atoms with E-state index >= 15 is 0 Å². The van der Waals surface area contributed by atoms with Crippen LogP contribution in [-0.2, 0) is 5.54 Å². The molecule has 18 heavy (non-hydrogen) atoms. The Hall–Kier alpha value is -1.87. The highest BCUT2D eigenvalue weighted by Gasteiger charge is 2.56. The number of nitriles is 1. The van der Waals surface area contributed by atoms with Gasteiger partial charge in [-0.15, -0.1) is 0 Å². The fourth-order valence-corrected chi connectivity index (χ4v) is 1.83. The van der Waals surface area contributed by atoms with Gasteiger partial charge < -0.3 is 0 Å². The van der Waals surface area contributed by atoms with Gasteiger partial charge in [0.05, 0.1) is 10.6 Å². The Kier molecular flexibility index (Phi) is 2.87. The van der Waals surface area contributed by atoms with Crippen molar-refractivity contribution < 1.29 is 13.2 Å². The first-order chi connectivity index (χ1) is 8.40. The van der Waals surface area contributed by atoms with Crippen LogP contribution in [0.1, 0.15) is 11.1 Å². The molecule has 0 aromatic heterocycles. The highest BCUT2D eigenvalue weighted by Crippen LogP contribution is 2.46. The van der Waals surface area contributed by atoms with Crippen LogP contribution in [0.15, 0.2) is 40.7 Å². The molecule has 2 rings (SSSR count). The van der Waals surface area contributed by atoms with E-state index in [1.807, 2.05) is 0 Å². The third kappa shape index (κ3) is 1.77. The van der Waals surface area contributed by atoms with Crippen LogP contribution in [-0.4, -0.2) is 6.18 Å². The minimum Gasteiger partial charge on any atom is -0.192 e. The predicted molar refractivity (Wildman–Crippen MR) is 57.9 cm³/mol. The monoisotopic (exact) mass is 271 g/mol. The van der Waals surface area contributed by atoms with Crippen molar-refractivity contribution in [2.75, 3.05) is 0 Å². The van der Waals surface area contributed by atoms with Crippen LogP contribution >= 0.6 is 11.6 Å². The van der Waals surface area contributed by atoms with Gasteiger partial charge in [0.15, 0.2) is 0 Å². The van der Waals surface area contributed by atoms with Crippen molar-refractivity contribution in [2.45, 2.75) is 11.7 Å². The lowest BCUT2D eigenvalue weighted by Gasteiger charge is -2.26. The van der Waals surface area contributed by atoms with Gasteiger partial charge >= 0.3 is 6.18 Å². The highest BCUT2D eigenvalue weighted by molar-refractivity contribution is 6.31. The largest absolute Gasteiger partial charge is 0.423 e. The summed E-state index contributed by atoms with van der Waals surface area (Å²) in [6.07, 6.45) is -2.79. The smallest absolute Gasteiger partial charge is 0.192 e. The first-order valence-corrected chi connectivity index (χ1v) is 5.15. The van der Waals surface area contributed by atoms with Crippen LogP contribution in [0.3, 0.4) is 0 Å².